The van der Waals surface area contributed by atoms with Crippen LogP contribution < -0.4 is 0 Å². The maximum atomic E-state index is 2.56. The molecule has 0 saturated carbocycles. The lowest BCUT2D eigenvalue weighted by Crippen LogP contribution is -2.26. The fraction of sp³-hybridized carbons (Fsp3) is 0.357. The first-order chi connectivity index (χ1) is 27.1. The molecule has 0 aliphatic heterocycles. The summed E-state index contributed by atoms with van der Waals surface area (Å²) in [5.41, 5.74) is 15.7. The van der Waals surface area contributed by atoms with E-state index in [4.69, 9.17) is 0 Å². The fourth-order valence-corrected chi connectivity index (χ4v) is 9.61. The van der Waals surface area contributed by atoms with Crippen LogP contribution in [0.3, 0.4) is 0 Å². The zero-order valence-corrected chi connectivity index (χ0v) is 37.6. The summed E-state index contributed by atoms with van der Waals surface area (Å²) < 4.78 is 5.08. The van der Waals surface area contributed by atoms with Crippen LogP contribution in [0.15, 0.2) is 121 Å². The molecule has 6 aromatic carbocycles. The normalized spacial score (nSPS) is 13.4. The maximum Gasteiger partial charge on any atom is 0.0541 e. The van der Waals surface area contributed by atoms with Gasteiger partial charge in [-0.2, -0.15) is 0 Å². The summed E-state index contributed by atoms with van der Waals surface area (Å²) in [4.78, 5) is 0. The molecule has 298 valence electrons. The smallest absolute Gasteiger partial charge is 0.0541 e. The van der Waals surface area contributed by atoms with Crippen LogP contribution in [0.5, 0.6) is 0 Å². The van der Waals surface area contributed by atoms with Gasteiger partial charge in [-0.05, 0) is 115 Å². The number of benzene rings is 6. The molecule has 8 aromatic rings. The molecule has 2 heterocycles. The Morgan fingerprint density at radius 3 is 1.36 bits per heavy atom. The molecule has 58 heavy (non-hydrogen) atoms. The van der Waals surface area contributed by atoms with Gasteiger partial charge in [-0.25, -0.2) is 0 Å². The van der Waals surface area contributed by atoms with Crippen LogP contribution >= 0.6 is 0 Å². The molecule has 2 aromatic heterocycles. The molecule has 0 N–H and O–H groups in total. The Labute approximate surface area is 347 Å². The second-order valence-electron chi connectivity index (χ2n) is 21.8. The van der Waals surface area contributed by atoms with E-state index >= 15 is 0 Å². The molecule has 0 aliphatic carbocycles. The summed E-state index contributed by atoms with van der Waals surface area (Å²) in [6.07, 6.45) is 0.912. The van der Waals surface area contributed by atoms with Crippen molar-refractivity contribution in [3.8, 4) is 11.4 Å². The monoisotopic (exact) mass is 765 g/mol. The summed E-state index contributed by atoms with van der Waals surface area (Å²) in [5.74, 6) is 0. The minimum Gasteiger partial charge on any atom is -0.309 e. The lowest BCUT2D eigenvalue weighted by molar-refractivity contribution is 0.511. The molecule has 2 nitrogen and oxygen atoms in total. The maximum absolute atomic E-state index is 2.56. The SMILES string of the molecule is CC(C)(C)c1ccc2c(c1)c1cc(C(C)(C)Cc3cc(-n4c5ccccc5c5ccccc54)c(C(C)(C)C)c(C(C)(C)C)c3)ccc1n2-c1ccccc1C(C)(C)C. The topological polar surface area (TPSA) is 9.86 Å². The van der Waals surface area contributed by atoms with E-state index in [9.17, 15) is 0 Å². The van der Waals surface area contributed by atoms with Gasteiger partial charge in [0.25, 0.3) is 0 Å². The first kappa shape index (κ1) is 39.7. The third kappa shape index (κ3) is 6.77. The Kier molecular flexibility index (Phi) is 9.24. The van der Waals surface area contributed by atoms with Crippen molar-refractivity contribution in [2.45, 2.75) is 130 Å². The van der Waals surface area contributed by atoms with Gasteiger partial charge in [0.05, 0.1) is 27.8 Å². The number of fused-ring (bicyclic) bond motifs is 6. The van der Waals surface area contributed by atoms with Crippen LogP contribution in [0, 0.1) is 0 Å². The highest BCUT2D eigenvalue weighted by Crippen LogP contribution is 2.45. The number of hydrogen-bond acceptors (Lipinski definition) is 0. The summed E-state index contributed by atoms with van der Waals surface area (Å²) in [6.45, 7) is 33.1. The molecule has 0 amide bonds. The van der Waals surface area contributed by atoms with Gasteiger partial charge in [-0.3, -0.25) is 0 Å². The van der Waals surface area contributed by atoms with Crippen molar-refractivity contribution in [2.75, 3.05) is 0 Å². The molecule has 0 aliphatic rings. The Morgan fingerprint density at radius 2 is 0.828 bits per heavy atom. The average Bonchev–Trinajstić information content (AvgIpc) is 3.65. The van der Waals surface area contributed by atoms with Crippen LogP contribution in [-0.2, 0) is 33.5 Å². The Hall–Kier alpha value is -5.08. The van der Waals surface area contributed by atoms with Crippen molar-refractivity contribution in [1.82, 2.24) is 9.13 Å². The summed E-state index contributed by atoms with van der Waals surface area (Å²) >= 11 is 0. The van der Waals surface area contributed by atoms with E-state index in [1.54, 1.807) is 0 Å². The van der Waals surface area contributed by atoms with Crippen molar-refractivity contribution in [1.29, 1.82) is 0 Å². The van der Waals surface area contributed by atoms with Gasteiger partial charge in [0.15, 0.2) is 0 Å². The Bertz CT molecular complexity index is 2810. The molecule has 0 radical (unpaired) electrons. The standard InChI is InChI=1S/C56H64N2/c1-52(2,3)37-27-29-47-41(33-37)42-34-38(28-30-48(42)57(47)49-26-20-17-23-43(49)53(4,5)6)56(13,14)35-36-31-44(54(7,8)9)51(55(10,11)12)50(32-36)58-45-24-18-15-21-39(45)40-22-16-19-25-46(40)58/h15-34H,35H2,1-14H3. The molecular weight excluding hydrogens is 701 g/mol. The lowest BCUT2D eigenvalue weighted by Gasteiger charge is -2.35. The third-order valence-electron chi connectivity index (χ3n) is 12.6. The highest BCUT2D eigenvalue weighted by molar-refractivity contribution is 6.10. The van der Waals surface area contributed by atoms with E-state index in [1.165, 1.54) is 88.4 Å². The molecule has 0 fully saturated rings. The van der Waals surface area contributed by atoms with Crippen LogP contribution in [0.1, 0.15) is 130 Å². The van der Waals surface area contributed by atoms with Crippen molar-refractivity contribution in [2.24, 2.45) is 0 Å². The number of rotatable bonds is 5. The summed E-state index contributed by atoms with van der Waals surface area (Å²) in [7, 11) is 0. The number of nitrogens with zero attached hydrogens (tertiary/aromatic N) is 2. The zero-order chi connectivity index (χ0) is 41.7. The molecule has 0 spiro atoms. The highest BCUT2D eigenvalue weighted by Gasteiger charge is 2.32. The van der Waals surface area contributed by atoms with Gasteiger partial charge < -0.3 is 9.13 Å². The summed E-state index contributed by atoms with van der Waals surface area (Å²) in [6, 6.07) is 46.4. The molecular formula is C56H64N2. The van der Waals surface area contributed by atoms with Crippen molar-refractivity contribution >= 4 is 43.6 Å². The van der Waals surface area contributed by atoms with Crippen molar-refractivity contribution in [3.05, 3.63) is 155 Å². The minimum atomic E-state index is -0.149. The first-order valence-electron chi connectivity index (χ1n) is 21.4. The predicted octanol–water partition coefficient (Wildman–Crippen LogP) is 15.6. The summed E-state index contributed by atoms with van der Waals surface area (Å²) in [5, 5.41) is 5.24. The molecule has 0 saturated heterocycles. The quantitative estimate of drug-likeness (QED) is 0.165. The van der Waals surface area contributed by atoms with Gasteiger partial charge in [0, 0.05) is 27.2 Å². The minimum absolute atomic E-state index is 0.000676. The zero-order valence-electron chi connectivity index (χ0n) is 37.6. The number of para-hydroxylation sites is 3. The Balaban J connectivity index is 1.35. The average molecular weight is 765 g/mol. The predicted molar refractivity (Wildman–Crippen MR) is 253 cm³/mol. The number of aromatic nitrogens is 2. The van der Waals surface area contributed by atoms with Gasteiger partial charge in [-0.1, -0.05) is 170 Å². The van der Waals surface area contributed by atoms with Crippen LogP contribution in [0.2, 0.25) is 0 Å². The van der Waals surface area contributed by atoms with E-state index in [-0.39, 0.29) is 27.1 Å². The van der Waals surface area contributed by atoms with Crippen LogP contribution in [-0.4, -0.2) is 9.13 Å². The third-order valence-corrected chi connectivity index (χ3v) is 12.6. The second kappa shape index (κ2) is 13.5. The first-order valence-corrected chi connectivity index (χ1v) is 21.4. The second-order valence-corrected chi connectivity index (χ2v) is 21.8. The van der Waals surface area contributed by atoms with E-state index in [0.717, 1.165) is 6.42 Å². The molecule has 0 bridgehead atoms. The van der Waals surface area contributed by atoms with Gasteiger partial charge in [0.2, 0.25) is 0 Å². The fourth-order valence-electron chi connectivity index (χ4n) is 9.61. The van der Waals surface area contributed by atoms with Crippen molar-refractivity contribution in [3.63, 3.8) is 0 Å². The van der Waals surface area contributed by atoms with E-state index < -0.39 is 0 Å². The van der Waals surface area contributed by atoms with Gasteiger partial charge >= 0.3 is 0 Å². The van der Waals surface area contributed by atoms with E-state index in [1.807, 2.05) is 0 Å². The molecule has 0 atom stereocenters. The van der Waals surface area contributed by atoms with Crippen molar-refractivity contribution < 1.29 is 0 Å². The lowest BCUT2D eigenvalue weighted by atomic mass is 9.72. The van der Waals surface area contributed by atoms with Gasteiger partial charge in [-0.15, -0.1) is 0 Å². The molecule has 2 heteroatoms. The van der Waals surface area contributed by atoms with Gasteiger partial charge in [0.1, 0.15) is 0 Å². The highest BCUT2D eigenvalue weighted by atomic mass is 15.0. The van der Waals surface area contributed by atoms with Crippen LogP contribution in [0.4, 0.5) is 0 Å². The number of hydrogen-bond donors (Lipinski definition) is 0. The van der Waals surface area contributed by atoms with E-state index in [0.29, 0.717) is 0 Å². The Morgan fingerprint density at radius 1 is 0.362 bits per heavy atom. The van der Waals surface area contributed by atoms with E-state index in [2.05, 4.69) is 227 Å². The molecule has 0 unspecified atom stereocenters. The van der Waals surface area contributed by atoms with Crippen LogP contribution in [0.25, 0.3) is 55.0 Å². The largest absolute Gasteiger partial charge is 0.309 e. The molecule has 8 rings (SSSR count).